The molecule has 2 aliphatic rings. The monoisotopic (exact) mass is 442 g/mol. The molecule has 31 heavy (non-hydrogen) atoms. The first-order valence-electron chi connectivity index (χ1n) is 9.98. The Balaban J connectivity index is 1.23. The van der Waals surface area contributed by atoms with Gasteiger partial charge in [-0.2, -0.15) is 0 Å². The third-order valence-corrected chi connectivity index (χ3v) is 6.70. The van der Waals surface area contributed by atoms with Crippen molar-refractivity contribution in [2.24, 2.45) is 0 Å². The topological polar surface area (TPSA) is 116 Å². The van der Waals surface area contributed by atoms with Crippen molar-refractivity contribution in [1.29, 1.82) is 0 Å². The Labute approximate surface area is 179 Å². The highest BCUT2D eigenvalue weighted by molar-refractivity contribution is 7.88. The van der Waals surface area contributed by atoms with E-state index in [9.17, 15) is 8.42 Å². The summed E-state index contributed by atoms with van der Waals surface area (Å²) in [5, 5.41) is 3.25. The molecule has 4 atom stereocenters. The van der Waals surface area contributed by atoms with Gasteiger partial charge >= 0.3 is 0 Å². The first kappa shape index (κ1) is 20.1. The second-order valence-electron chi connectivity index (χ2n) is 7.56. The van der Waals surface area contributed by atoms with Gasteiger partial charge in [-0.1, -0.05) is 30.3 Å². The molecule has 0 saturated carbocycles. The molecule has 0 radical (unpaired) electrons. The van der Waals surface area contributed by atoms with Gasteiger partial charge in [0.1, 0.15) is 17.9 Å². The van der Waals surface area contributed by atoms with Gasteiger partial charge in [0.05, 0.1) is 37.3 Å². The molecule has 2 aromatic heterocycles. The van der Waals surface area contributed by atoms with E-state index in [-0.39, 0.29) is 30.6 Å². The first-order valence-corrected chi connectivity index (χ1v) is 11.6. The summed E-state index contributed by atoms with van der Waals surface area (Å²) in [7, 11) is -3.53. The Hall–Kier alpha value is -2.79. The lowest BCUT2D eigenvalue weighted by Gasteiger charge is -2.18. The maximum absolute atomic E-state index is 12.6. The zero-order valence-electron chi connectivity index (χ0n) is 16.5. The molecule has 9 nitrogen and oxygen atoms in total. The van der Waals surface area contributed by atoms with E-state index in [1.165, 1.54) is 0 Å². The summed E-state index contributed by atoms with van der Waals surface area (Å²) >= 11 is 0. The molecule has 0 spiro atoms. The number of hydrogen-bond acceptors (Lipinski definition) is 8. The number of benzene rings is 1. The van der Waals surface area contributed by atoms with Gasteiger partial charge in [-0.3, -0.25) is 0 Å². The summed E-state index contributed by atoms with van der Waals surface area (Å²) in [6.07, 6.45) is 2.55. The van der Waals surface area contributed by atoms with E-state index in [2.05, 4.69) is 20.0 Å². The smallest absolute Gasteiger partial charge is 0.223 e. The van der Waals surface area contributed by atoms with E-state index < -0.39 is 16.1 Å². The second-order valence-corrected chi connectivity index (χ2v) is 9.31. The van der Waals surface area contributed by atoms with Crippen LogP contribution in [0.2, 0.25) is 0 Å². The molecule has 2 N–H and O–H groups in total. The van der Waals surface area contributed by atoms with E-state index in [0.717, 1.165) is 5.56 Å². The second kappa shape index (κ2) is 8.39. The number of sulfonamides is 1. The van der Waals surface area contributed by atoms with E-state index >= 15 is 0 Å². The van der Waals surface area contributed by atoms with Crippen LogP contribution in [0.1, 0.15) is 5.56 Å². The highest BCUT2D eigenvalue weighted by Crippen LogP contribution is 2.29. The lowest BCUT2D eigenvalue weighted by Crippen LogP contribution is -2.45. The standard InChI is InChI=1S/C21H22N4O5S/c26-31(27,13-14-5-2-1-3-6-14)25-17-12-30-19-16(11-29-20(17)19)24-21-22-9-8-15(23-21)18-7-4-10-28-18/h1-10,16-17,19-20,25H,11-13H2,(H,22,23,24). The molecule has 4 heterocycles. The SMILES string of the molecule is O=S(=O)(Cc1ccccc1)NC1COC2C(Nc3nccc(-c4ccco4)n3)COC12. The van der Waals surface area contributed by atoms with E-state index in [1.807, 2.05) is 24.3 Å². The molecule has 0 aliphatic carbocycles. The number of anilines is 1. The third-order valence-electron chi connectivity index (χ3n) is 5.33. The van der Waals surface area contributed by atoms with Gasteiger partial charge in [0.25, 0.3) is 0 Å². The van der Waals surface area contributed by atoms with E-state index in [1.54, 1.807) is 36.7 Å². The van der Waals surface area contributed by atoms with Crippen LogP contribution in [0.5, 0.6) is 0 Å². The lowest BCUT2D eigenvalue weighted by molar-refractivity contribution is 0.0690. The average molecular weight is 442 g/mol. The summed E-state index contributed by atoms with van der Waals surface area (Å²) in [5.41, 5.74) is 1.39. The van der Waals surface area contributed by atoms with Crippen molar-refractivity contribution in [1.82, 2.24) is 14.7 Å². The summed E-state index contributed by atoms with van der Waals surface area (Å²) in [4.78, 5) is 8.75. The number of nitrogens with one attached hydrogen (secondary N) is 2. The molecule has 2 fully saturated rings. The minimum Gasteiger partial charge on any atom is -0.463 e. The summed E-state index contributed by atoms with van der Waals surface area (Å²) in [6, 6.07) is 13.8. The molecule has 0 amide bonds. The fraction of sp³-hybridized carbons (Fsp3) is 0.333. The molecule has 0 bridgehead atoms. The summed E-state index contributed by atoms with van der Waals surface area (Å²) < 4.78 is 45.1. The predicted molar refractivity (Wildman–Crippen MR) is 113 cm³/mol. The van der Waals surface area contributed by atoms with Gasteiger partial charge in [-0.15, -0.1) is 0 Å². The van der Waals surface area contributed by atoms with Crippen LogP contribution in [-0.2, 0) is 25.2 Å². The van der Waals surface area contributed by atoms with Crippen LogP contribution < -0.4 is 10.0 Å². The van der Waals surface area contributed by atoms with E-state index in [4.69, 9.17) is 13.9 Å². The molecule has 1 aromatic carbocycles. The molecule has 10 heteroatoms. The van der Waals surface area contributed by atoms with Crippen LogP contribution in [0.4, 0.5) is 5.95 Å². The minimum absolute atomic E-state index is 0.0865. The maximum atomic E-state index is 12.6. The largest absolute Gasteiger partial charge is 0.463 e. The third kappa shape index (κ3) is 4.47. The Morgan fingerprint density at radius 3 is 2.52 bits per heavy atom. The fourth-order valence-corrected chi connectivity index (χ4v) is 5.32. The zero-order valence-corrected chi connectivity index (χ0v) is 17.4. The van der Waals surface area contributed by atoms with Crippen molar-refractivity contribution >= 4 is 16.0 Å². The van der Waals surface area contributed by atoms with Crippen molar-refractivity contribution < 1.29 is 22.3 Å². The van der Waals surface area contributed by atoms with Gasteiger partial charge in [-0.25, -0.2) is 23.1 Å². The maximum Gasteiger partial charge on any atom is 0.223 e. The highest BCUT2D eigenvalue weighted by Gasteiger charge is 2.49. The highest BCUT2D eigenvalue weighted by atomic mass is 32.2. The van der Waals surface area contributed by atoms with Gasteiger partial charge < -0.3 is 19.2 Å². The number of rotatable bonds is 7. The Morgan fingerprint density at radius 1 is 0.968 bits per heavy atom. The molecule has 3 aromatic rings. The van der Waals surface area contributed by atoms with Crippen molar-refractivity contribution in [3.05, 3.63) is 66.6 Å². The first-order chi connectivity index (χ1) is 15.1. The number of fused-ring (bicyclic) bond motifs is 1. The number of furan rings is 1. The predicted octanol–water partition coefficient (Wildman–Crippen LogP) is 1.80. The number of hydrogen-bond donors (Lipinski definition) is 2. The Bertz CT molecular complexity index is 1120. The quantitative estimate of drug-likeness (QED) is 0.569. The average Bonchev–Trinajstić information content (AvgIpc) is 3.49. The molecular weight excluding hydrogens is 420 g/mol. The van der Waals surface area contributed by atoms with Crippen molar-refractivity contribution in [2.45, 2.75) is 30.0 Å². The summed E-state index contributed by atoms with van der Waals surface area (Å²) in [6.45, 7) is 0.607. The number of ether oxygens (including phenoxy) is 2. The summed E-state index contributed by atoms with van der Waals surface area (Å²) in [5.74, 6) is 0.993. The van der Waals surface area contributed by atoms with Crippen LogP contribution in [0.25, 0.3) is 11.5 Å². The fourth-order valence-electron chi connectivity index (χ4n) is 3.95. The Morgan fingerprint density at radius 2 is 1.74 bits per heavy atom. The van der Waals surface area contributed by atoms with Gasteiger partial charge in [0.2, 0.25) is 16.0 Å². The molecular formula is C21H22N4O5S. The molecule has 2 aliphatic heterocycles. The molecule has 2 saturated heterocycles. The lowest BCUT2D eigenvalue weighted by atomic mass is 10.1. The number of nitrogens with zero attached hydrogens (tertiary/aromatic N) is 2. The van der Waals surface area contributed by atoms with Crippen LogP contribution >= 0.6 is 0 Å². The van der Waals surface area contributed by atoms with Gasteiger partial charge in [0, 0.05) is 6.20 Å². The van der Waals surface area contributed by atoms with Crippen molar-refractivity contribution in [2.75, 3.05) is 18.5 Å². The molecule has 5 rings (SSSR count). The molecule has 4 unspecified atom stereocenters. The van der Waals surface area contributed by atoms with Crippen LogP contribution in [-0.4, -0.2) is 55.9 Å². The van der Waals surface area contributed by atoms with Crippen molar-refractivity contribution in [3.8, 4) is 11.5 Å². The van der Waals surface area contributed by atoms with Crippen molar-refractivity contribution in [3.63, 3.8) is 0 Å². The molecule has 162 valence electrons. The normalized spacial score (nSPS) is 25.4. The zero-order chi connectivity index (χ0) is 21.3. The Kier molecular flexibility index (Phi) is 5.45. The van der Waals surface area contributed by atoms with Crippen LogP contribution in [0.15, 0.2) is 65.4 Å². The minimum atomic E-state index is -3.53. The van der Waals surface area contributed by atoms with Gasteiger partial charge in [0.15, 0.2) is 5.76 Å². The van der Waals surface area contributed by atoms with E-state index in [0.29, 0.717) is 24.0 Å². The van der Waals surface area contributed by atoms with Crippen LogP contribution in [0.3, 0.4) is 0 Å². The van der Waals surface area contributed by atoms with Gasteiger partial charge in [-0.05, 0) is 23.8 Å². The number of aromatic nitrogens is 2. The van der Waals surface area contributed by atoms with Crippen LogP contribution in [0, 0.1) is 0 Å².